The highest BCUT2D eigenvalue weighted by Crippen LogP contribution is 2.33. The topological polar surface area (TPSA) is 80.1 Å². The van der Waals surface area contributed by atoms with E-state index in [0.717, 1.165) is 27.5 Å². The van der Waals surface area contributed by atoms with Crippen LogP contribution in [-0.2, 0) is 4.79 Å². The lowest BCUT2D eigenvalue weighted by Crippen LogP contribution is -2.32. The lowest BCUT2D eigenvalue weighted by atomic mass is 10.1. The molecule has 3 amide bonds. The van der Waals surface area contributed by atoms with Crippen LogP contribution in [-0.4, -0.2) is 50.4 Å². The van der Waals surface area contributed by atoms with Gasteiger partial charge in [0.05, 0.1) is 17.3 Å². The van der Waals surface area contributed by atoms with Crippen molar-refractivity contribution in [2.45, 2.75) is 25.4 Å². The number of aryl methyl sites for hydroxylation is 2. The summed E-state index contributed by atoms with van der Waals surface area (Å²) in [5, 5.41) is 12.8. The molecule has 0 atom stereocenters. The average Bonchev–Trinajstić information content (AvgIpc) is 3.31. The van der Waals surface area contributed by atoms with Crippen molar-refractivity contribution in [2.75, 3.05) is 18.8 Å². The predicted octanol–water partition coefficient (Wildman–Crippen LogP) is 4.24. The zero-order chi connectivity index (χ0) is 22.0. The van der Waals surface area contributed by atoms with Crippen LogP contribution >= 0.6 is 23.4 Å². The molecule has 0 radical (unpaired) electrons. The number of hydrogen-bond donors (Lipinski definition) is 1. The zero-order valence-corrected chi connectivity index (χ0v) is 18.8. The van der Waals surface area contributed by atoms with Crippen molar-refractivity contribution >= 4 is 35.3 Å². The number of rotatable bonds is 7. The molecule has 2 aromatic carbocycles. The minimum Gasteiger partial charge on any atom is -0.329 e. The summed E-state index contributed by atoms with van der Waals surface area (Å²) < 4.78 is 2.03. The fraction of sp³-hybridized carbons (Fsp3) is 0.273. The maximum atomic E-state index is 11.7. The molecule has 1 aromatic heterocycles. The van der Waals surface area contributed by atoms with Gasteiger partial charge in [0.25, 0.3) is 0 Å². The molecule has 31 heavy (non-hydrogen) atoms. The van der Waals surface area contributed by atoms with E-state index in [1.165, 1.54) is 4.90 Å². The quantitative estimate of drug-likeness (QED) is 0.327. The second kappa shape index (κ2) is 9.11. The van der Waals surface area contributed by atoms with Gasteiger partial charge in [-0.15, -0.1) is 10.2 Å². The zero-order valence-electron chi connectivity index (χ0n) is 17.3. The van der Waals surface area contributed by atoms with Gasteiger partial charge in [0, 0.05) is 17.9 Å². The van der Waals surface area contributed by atoms with Crippen LogP contribution < -0.4 is 5.32 Å². The van der Waals surface area contributed by atoms with E-state index in [1.807, 2.05) is 35.8 Å². The van der Waals surface area contributed by atoms with E-state index in [2.05, 4.69) is 40.6 Å². The van der Waals surface area contributed by atoms with E-state index in [9.17, 15) is 9.59 Å². The Morgan fingerprint density at radius 3 is 2.68 bits per heavy atom. The molecule has 160 valence electrons. The highest BCUT2D eigenvalue weighted by molar-refractivity contribution is 7.99. The molecule has 2 heterocycles. The molecule has 1 saturated heterocycles. The fourth-order valence-corrected chi connectivity index (χ4v) is 4.51. The lowest BCUT2D eigenvalue weighted by molar-refractivity contribution is -0.124. The van der Waals surface area contributed by atoms with Gasteiger partial charge in [-0.3, -0.25) is 14.3 Å². The van der Waals surface area contributed by atoms with Gasteiger partial charge in [0.2, 0.25) is 5.91 Å². The second-order valence-electron chi connectivity index (χ2n) is 7.32. The van der Waals surface area contributed by atoms with Gasteiger partial charge >= 0.3 is 6.03 Å². The Balaban J connectivity index is 1.62. The fourth-order valence-electron chi connectivity index (χ4n) is 3.43. The molecule has 1 N–H and O–H groups in total. The van der Waals surface area contributed by atoms with Gasteiger partial charge in [-0.2, -0.15) is 0 Å². The number of thioether (sulfide) groups is 1. The van der Waals surface area contributed by atoms with Gasteiger partial charge in [-0.25, -0.2) is 4.79 Å². The maximum absolute atomic E-state index is 11.7. The molecule has 0 saturated carbocycles. The Kier molecular flexibility index (Phi) is 6.29. The van der Waals surface area contributed by atoms with Crippen molar-refractivity contribution in [3.05, 3.63) is 58.6 Å². The molecule has 0 bridgehead atoms. The van der Waals surface area contributed by atoms with Crippen LogP contribution in [0.3, 0.4) is 0 Å². The van der Waals surface area contributed by atoms with Crippen molar-refractivity contribution in [1.29, 1.82) is 0 Å². The van der Waals surface area contributed by atoms with Crippen LogP contribution in [0.15, 0.2) is 47.6 Å². The molecule has 1 aliphatic heterocycles. The van der Waals surface area contributed by atoms with Crippen molar-refractivity contribution in [1.82, 2.24) is 25.0 Å². The highest BCUT2D eigenvalue weighted by Gasteiger charge is 2.27. The third-order valence-corrected chi connectivity index (χ3v) is 6.39. The number of halogens is 1. The van der Waals surface area contributed by atoms with Crippen molar-refractivity contribution < 1.29 is 9.59 Å². The second-order valence-corrected chi connectivity index (χ2v) is 8.79. The molecule has 4 rings (SSSR count). The average molecular weight is 456 g/mol. The van der Waals surface area contributed by atoms with E-state index >= 15 is 0 Å². The maximum Gasteiger partial charge on any atom is 0.324 e. The molecule has 1 aliphatic rings. The van der Waals surface area contributed by atoms with E-state index in [4.69, 9.17) is 11.6 Å². The number of carbonyl (C=O) groups is 2. The first-order valence-corrected chi connectivity index (χ1v) is 11.3. The van der Waals surface area contributed by atoms with E-state index in [0.29, 0.717) is 29.6 Å². The first kappa shape index (κ1) is 21.4. The highest BCUT2D eigenvalue weighted by atomic mass is 35.5. The van der Waals surface area contributed by atoms with Gasteiger partial charge in [-0.05, 0) is 49.6 Å². The first-order valence-electron chi connectivity index (χ1n) is 9.94. The number of aromatic nitrogens is 3. The number of urea groups is 1. The van der Waals surface area contributed by atoms with Crippen LogP contribution in [0.5, 0.6) is 0 Å². The largest absolute Gasteiger partial charge is 0.329 e. The van der Waals surface area contributed by atoms with Crippen molar-refractivity contribution in [3.8, 4) is 17.1 Å². The lowest BCUT2D eigenvalue weighted by Gasteiger charge is -2.15. The van der Waals surface area contributed by atoms with Crippen LogP contribution in [0.4, 0.5) is 4.79 Å². The number of benzene rings is 2. The number of nitrogens with one attached hydrogen (secondary N) is 1. The molecule has 9 heteroatoms. The van der Waals surface area contributed by atoms with Gasteiger partial charge in [-0.1, -0.05) is 47.6 Å². The summed E-state index contributed by atoms with van der Waals surface area (Å²) in [7, 11) is 0. The number of nitrogens with zero attached hydrogens (tertiary/aromatic N) is 4. The number of hydrogen-bond acceptors (Lipinski definition) is 5. The predicted molar refractivity (Wildman–Crippen MR) is 122 cm³/mol. The Morgan fingerprint density at radius 2 is 1.94 bits per heavy atom. The summed E-state index contributed by atoms with van der Waals surface area (Å²) >= 11 is 8.00. The van der Waals surface area contributed by atoms with Crippen molar-refractivity contribution in [2.24, 2.45) is 0 Å². The molecule has 7 nitrogen and oxygen atoms in total. The molecular formula is C22H22ClN5O2S. The van der Waals surface area contributed by atoms with E-state index < -0.39 is 0 Å². The third-order valence-electron chi connectivity index (χ3n) is 5.05. The molecule has 3 aromatic rings. The molecule has 0 spiro atoms. The molecule has 0 unspecified atom stereocenters. The summed E-state index contributed by atoms with van der Waals surface area (Å²) in [4.78, 5) is 24.7. The smallest absolute Gasteiger partial charge is 0.324 e. The Hall–Kier alpha value is -2.84. The van der Waals surface area contributed by atoms with E-state index in [-0.39, 0.29) is 18.5 Å². The molecule has 1 fully saturated rings. The van der Waals surface area contributed by atoms with Crippen LogP contribution in [0.25, 0.3) is 17.1 Å². The third kappa shape index (κ3) is 4.45. The van der Waals surface area contributed by atoms with Gasteiger partial charge in [0.1, 0.15) is 0 Å². The Labute approximate surface area is 189 Å². The first-order chi connectivity index (χ1) is 15.0. The summed E-state index contributed by atoms with van der Waals surface area (Å²) in [5.41, 5.74) is 4.04. The van der Waals surface area contributed by atoms with Gasteiger partial charge < -0.3 is 5.32 Å². The Morgan fingerprint density at radius 1 is 1.13 bits per heavy atom. The summed E-state index contributed by atoms with van der Waals surface area (Å²) in [6.07, 6.45) is 0.658. The Bertz CT molecular complexity index is 1130. The SMILES string of the molecule is Cc1ccc(C)c(-n2c(SCCCN3C(=O)CNC3=O)nnc2-c2ccccc2Cl)c1. The monoisotopic (exact) mass is 455 g/mol. The molecule has 0 aliphatic carbocycles. The minimum atomic E-state index is -0.324. The van der Waals surface area contributed by atoms with Crippen molar-refractivity contribution in [3.63, 3.8) is 0 Å². The summed E-state index contributed by atoms with van der Waals surface area (Å²) in [6.45, 7) is 4.56. The number of imide groups is 1. The number of amides is 3. The minimum absolute atomic E-state index is 0.0775. The van der Waals surface area contributed by atoms with Crippen LogP contribution in [0.1, 0.15) is 17.5 Å². The standard InChI is InChI=1S/C22H22ClN5O2S/c1-14-8-9-15(2)18(12-14)28-20(16-6-3-4-7-17(16)23)25-26-22(28)31-11-5-10-27-19(29)13-24-21(27)30/h3-4,6-9,12H,5,10-11,13H2,1-2H3,(H,24,30). The van der Waals surface area contributed by atoms with Crippen LogP contribution in [0.2, 0.25) is 5.02 Å². The van der Waals surface area contributed by atoms with E-state index in [1.54, 1.807) is 11.8 Å². The number of carbonyl (C=O) groups excluding carboxylic acids is 2. The van der Waals surface area contributed by atoms with Crippen LogP contribution in [0, 0.1) is 13.8 Å². The van der Waals surface area contributed by atoms with Gasteiger partial charge in [0.15, 0.2) is 11.0 Å². The summed E-state index contributed by atoms with van der Waals surface area (Å²) in [5.74, 6) is 1.17. The normalized spacial score (nSPS) is 13.7. The molecular weight excluding hydrogens is 434 g/mol. The summed E-state index contributed by atoms with van der Waals surface area (Å²) in [6, 6.07) is 13.5.